The quantitative estimate of drug-likeness (QED) is 0.670. The van der Waals surface area contributed by atoms with E-state index in [9.17, 15) is 9.59 Å². The first kappa shape index (κ1) is 15.5. The zero-order valence-corrected chi connectivity index (χ0v) is 12.1. The zero-order chi connectivity index (χ0) is 15.1. The molecule has 0 spiro atoms. The van der Waals surface area contributed by atoms with Gasteiger partial charge in [0.1, 0.15) is 0 Å². The predicted molar refractivity (Wildman–Crippen MR) is 79.8 cm³/mol. The Morgan fingerprint density at radius 1 is 1.14 bits per heavy atom. The lowest BCUT2D eigenvalue weighted by Crippen LogP contribution is -2.34. The van der Waals surface area contributed by atoms with E-state index in [1.54, 1.807) is 24.3 Å². The highest BCUT2D eigenvalue weighted by molar-refractivity contribution is 5.94. The van der Waals surface area contributed by atoms with Crippen LogP contribution in [0.2, 0.25) is 0 Å². The van der Waals surface area contributed by atoms with Crippen molar-refractivity contribution in [1.29, 1.82) is 0 Å². The molecule has 3 N–H and O–H groups in total. The Hall–Kier alpha value is -1.88. The molecular weight excluding hydrogens is 268 g/mol. The van der Waals surface area contributed by atoms with Gasteiger partial charge in [-0.3, -0.25) is 9.59 Å². The van der Waals surface area contributed by atoms with Crippen LogP contribution in [0.1, 0.15) is 36.0 Å². The molecule has 21 heavy (non-hydrogen) atoms. The fraction of sp³-hybridized carbons (Fsp3) is 0.500. The molecular formula is C16H22N2O3. The lowest BCUT2D eigenvalue weighted by molar-refractivity contribution is -0.121. The van der Waals surface area contributed by atoms with Crippen LogP contribution in [0.5, 0.6) is 0 Å². The van der Waals surface area contributed by atoms with E-state index < -0.39 is 0 Å². The Balaban J connectivity index is 1.62. The van der Waals surface area contributed by atoms with Crippen LogP contribution in [0.3, 0.4) is 0 Å². The van der Waals surface area contributed by atoms with Crippen LogP contribution in [0.25, 0.3) is 0 Å². The highest BCUT2D eigenvalue weighted by Gasteiger charge is 2.41. The molecule has 5 heteroatoms. The number of rotatable bonds is 8. The Morgan fingerprint density at radius 2 is 1.86 bits per heavy atom. The lowest BCUT2D eigenvalue weighted by Gasteiger charge is -2.14. The van der Waals surface area contributed by atoms with E-state index >= 15 is 0 Å². The third-order valence-corrected chi connectivity index (χ3v) is 3.93. The topological polar surface area (TPSA) is 78.4 Å². The van der Waals surface area contributed by atoms with E-state index in [2.05, 4.69) is 10.6 Å². The number of carbonyl (C=O) groups excluding carboxylic acids is 2. The maximum Gasteiger partial charge on any atom is 0.251 e. The third kappa shape index (κ3) is 4.86. The molecule has 5 nitrogen and oxygen atoms in total. The number of benzene rings is 1. The first-order chi connectivity index (χ1) is 10.2. The number of aliphatic hydroxyl groups excluding tert-OH is 1. The molecule has 1 fully saturated rings. The summed E-state index contributed by atoms with van der Waals surface area (Å²) in [7, 11) is 0. The molecule has 0 bridgehead atoms. The summed E-state index contributed by atoms with van der Waals surface area (Å²) in [5.41, 5.74) is 0.718. The monoisotopic (exact) mass is 290 g/mol. The number of amides is 2. The van der Waals surface area contributed by atoms with Gasteiger partial charge in [-0.2, -0.15) is 0 Å². The van der Waals surface area contributed by atoms with Crippen LogP contribution in [0.15, 0.2) is 30.3 Å². The molecule has 0 aromatic heterocycles. The summed E-state index contributed by atoms with van der Waals surface area (Å²) in [6.07, 6.45) is 3.16. The van der Waals surface area contributed by atoms with Crippen molar-refractivity contribution in [2.45, 2.75) is 25.7 Å². The normalized spacial score (nSPS) is 15.3. The molecule has 2 amide bonds. The molecule has 0 radical (unpaired) electrons. The van der Waals surface area contributed by atoms with Gasteiger partial charge in [0, 0.05) is 31.7 Å². The standard InChI is InChI=1S/C16H22N2O3/c19-11-9-16(7-8-16)12-18-14(20)6-10-17-15(21)13-4-2-1-3-5-13/h1-5,19H,6-12H2,(H,17,21)(H,18,20). The first-order valence-electron chi connectivity index (χ1n) is 7.36. The minimum absolute atomic E-state index is 0.0624. The SMILES string of the molecule is O=C(CCNC(=O)c1ccccc1)NCC1(CCO)CC1. The molecule has 0 aliphatic heterocycles. The number of carbonyl (C=O) groups is 2. The summed E-state index contributed by atoms with van der Waals surface area (Å²) < 4.78 is 0. The molecule has 0 unspecified atom stereocenters. The lowest BCUT2D eigenvalue weighted by atomic mass is 10.0. The van der Waals surface area contributed by atoms with Crippen LogP contribution in [-0.4, -0.2) is 36.6 Å². The third-order valence-electron chi connectivity index (χ3n) is 3.93. The molecule has 1 aliphatic rings. The second-order valence-corrected chi connectivity index (χ2v) is 5.62. The van der Waals surface area contributed by atoms with Gasteiger partial charge >= 0.3 is 0 Å². The van der Waals surface area contributed by atoms with Gasteiger partial charge in [-0.1, -0.05) is 18.2 Å². The van der Waals surface area contributed by atoms with Gasteiger partial charge in [0.15, 0.2) is 0 Å². The van der Waals surface area contributed by atoms with Crippen molar-refractivity contribution in [3.05, 3.63) is 35.9 Å². The number of hydrogen-bond acceptors (Lipinski definition) is 3. The largest absolute Gasteiger partial charge is 0.396 e. The predicted octanol–water partition coefficient (Wildman–Crippen LogP) is 1.09. The summed E-state index contributed by atoms with van der Waals surface area (Å²) in [6, 6.07) is 8.93. The highest BCUT2D eigenvalue weighted by atomic mass is 16.3. The number of hydrogen-bond donors (Lipinski definition) is 3. The maximum atomic E-state index is 11.8. The zero-order valence-electron chi connectivity index (χ0n) is 12.1. The summed E-state index contributed by atoms with van der Waals surface area (Å²) in [5.74, 6) is -0.227. The van der Waals surface area contributed by atoms with Gasteiger partial charge in [0.25, 0.3) is 5.91 Å². The van der Waals surface area contributed by atoms with Crippen LogP contribution in [0, 0.1) is 5.41 Å². The van der Waals surface area contributed by atoms with Gasteiger partial charge in [-0.25, -0.2) is 0 Å². The summed E-state index contributed by atoms with van der Waals surface area (Å²) >= 11 is 0. The Labute approximate surface area is 124 Å². The van der Waals surface area contributed by atoms with Gasteiger partial charge in [0.2, 0.25) is 5.91 Å². The Bertz CT molecular complexity index is 484. The Morgan fingerprint density at radius 3 is 2.48 bits per heavy atom. The molecule has 1 aromatic rings. The van der Waals surface area contributed by atoms with Gasteiger partial charge < -0.3 is 15.7 Å². The second kappa shape index (κ2) is 7.22. The summed E-state index contributed by atoms with van der Waals surface area (Å²) in [6.45, 7) is 1.12. The second-order valence-electron chi connectivity index (χ2n) is 5.62. The number of aliphatic hydroxyl groups is 1. The van der Waals surface area contributed by atoms with Crippen LogP contribution in [0.4, 0.5) is 0 Å². The van der Waals surface area contributed by atoms with Crippen LogP contribution < -0.4 is 10.6 Å². The molecule has 1 aromatic carbocycles. The van der Waals surface area contributed by atoms with E-state index in [0.717, 1.165) is 19.3 Å². The van der Waals surface area contributed by atoms with Crippen molar-refractivity contribution in [2.24, 2.45) is 5.41 Å². The summed E-state index contributed by atoms with van der Waals surface area (Å²) in [4.78, 5) is 23.5. The Kier molecular flexibility index (Phi) is 5.33. The smallest absolute Gasteiger partial charge is 0.251 e. The van der Waals surface area contributed by atoms with E-state index in [1.165, 1.54) is 0 Å². The molecule has 2 rings (SSSR count). The average molecular weight is 290 g/mol. The van der Waals surface area contributed by atoms with Crippen molar-refractivity contribution in [2.75, 3.05) is 19.7 Å². The molecule has 1 aliphatic carbocycles. The molecule has 114 valence electrons. The van der Waals surface area contributed by atoms with Crippen molar-refractivity contribution in [3.8, 4) is 0 Å². The van der Waals surface area contributed by atoms with E-state index in [1.807, 2.05) is 6.07 Å². The van der Waals surface area contributed by atoms with Crippen molar-refractivity contribution in [1.82, 2.24) is 10.6 Å². The highest BCUT2D eigenvalue weighted by Crippen LogP contribution is 2.47. The molecule has 1 saturated carbocycles. The van der Waals surface area contributed by atoms with Crippen LogP contribution in [-0.2, 0) is 4.79 Å². The van der Waals surface area contributed by atoms with Gasteiger partial charge in [-0.05, 0) is 36.8 Å². The molecule has 0 heterocycles. The molecule has 0 atom stereocenters. The van der Waals surface area contributed by atoms with E-state index in [0.29, 0.717) is 18.7 Å². The van der Waals surface area contributed by atoms with Crippen LogP contribution >= 0.6 is 0 Å². The fourth-order valence-electron chi connectivity index (χ4n) is 2.28. The van der Waals surface area contributed by atoms with Crippen molar-refractivity contribution >= 4 is 11.8 Å². The summed E-state index contributed by atoms with van der Waals surface area (Å²) in [5, 5.41) is 14.6. The minimum Gasteiger partial charge on any atom is -0.396 e. The molecule has 0 saturated heterocycles. The van der Waals surface area contributed by atoms with Gasteiger partial charge in [-0.15, -0.1) is 0 Å². The van der Waals surface area contributed by atoms with E-state index in [4.69, 9.17) is 5.11 Å². The minimum atomic E-state index is -0.164. The van der Waals surface area contributed by atoms with Crippen molar-refractivity contribution in [3.63, 3.8) is 0 Å². The first-order valence-corrected chi connectivity index (χ1v) is 7.36. The fourth-order valence-corrected chi connectivity index (χ4v) is 2.28. The average Bonchev–Trinajstić information content (AvgIpc) is 3.26. The van der Waals surface area contributed by atoms with Gasteiger partial charge in [0.05, 0.1) is 0 Å². The maximum absolute atomic E-state index is 11.8. The van der Waals surface area contributed by atoms with Crippen molar-refractivity contribution < 1.29 is 14.7 Å². The van der Waals surface area contributed by atoms with E-state index in [-0.39, 0.29) is 30.3 Å². The number of nitrogens with one attached hydrogen (secondary N) is 2.